The Morgan fingerprint density at radius 1 is 1.30 bits per heavy atom. The third-order valence-electron chi connectivity index (χ3n) is 5.41. The molecule has 0 bridgehead atoms. The first-order chi connectivity index (χ1) is 15.5. The van der Waals surface area contributed by atoms with Gasteiger partial charge < -0.3 is 23.9 Å². The van der Waals surface area contributed by atoms with Crippen molar-refractivity contribution in [3.05, 3.63) is 53.2 Å². The Labute approximate surface area is 188 Å². The zero-order valence-electron chi connectivity index (χ0n) is 18.2. The maximum atomic E-state index is 12.5. The van der Waals surface area contributed by atoms with Crippen molar-refractivity contribution in [3.63, 3.8) is 0 Å². The summed E-state index contributed by atoms with van der Waals surface area (Å²) in [4.78, 5) is 27.4. The Bertz CT molecular complexity index is 985. The number of furan rings is 1. The second-order valence-electron chi connectivity index (χ2n) is 8.22. The molecule has 2 aliphatic heterocycles. The molecule has 33 heavy (non-hydrogen) atoms. The quantitative estimate of drug-likeness (QED) is 0.730. The summed E-state index contributed by atoms with van der Waals surface area (Å²) in [5.74, 6) is -2.39. The molecule has 0 aromatic carbocycles. The van der Waals surface area contributed by atoms with Crippen LogP contribution in [0.5, 0.6) is 0 Å². The van der Waals surface area contributed by atoms with Gasteiger partial charge in [0, 0.05) is 31.0 Å². The Kier molecular flexibility index (Phi) is 7.43. The standard InChI is InChI=1S/C20H24N2O4.C2HF3O2/c1-14-7-16(10-21-9-14)11-25-17-4-6-26-20(8-17)12-22(13-20)19(23)18-15(2)3-5-24-18;3-2(4,5)1(6)7/h3,5,7,9-10,17H,4,6,8,11-13H2,1-2H3;(H,6,7). The van der Waals surface area contributed by atoms with Crippen LogP contribution in [0.2, 0.25) is 0 Å². The zero-order chi connectivity index (χ0) is 24.2. The van der Waals surface area contributed by atoms with E-state index in [1.165, 1.54) is 0 Å². The van der Waals surface area contributed by atoms with E-state index < -0.39 is 12.1 Å². The average molecular weight is 470 g/mol. The maximum absolute atomic E-state index is 12.5. The zero-order valence-corrected chi connectivity index (χ0v) is 18.2. The Morgan fingerprint density at radius 2 is 2.00 bits per heavy atom. The molecule has 1 spiro atoms. The molecule has 4 heterocycles. The maximum Gasteiger partial charge on any atom is 0.490 e. The van der Waals surface area contributed by atoms with Gasteiger partial charge >= 0.3 is 12.1 Å². The summed E-state index contributed by atoms with van der Waals surface area (Å²) >= 11 is 0. The number of amides is 1. The van der Waals surface area contributed by atoms with E-state index in [0.717, 1.165) is 29.5 Å². The van der Waals surface area contributed by atoms with Crippen LogP contribution in [0.4, 0.5) is 13.2 Å². The molecule has 2 saturated heterocycles. The summed E-state index contributed by atoms with van der Waals surface area (Å²) in [7, 11) is 0. The van der Waals surface area contributed by atoms with Gasteiger partial charge in [0.15, 0.2) is 5.76 Å². The molecule has 1 N–H and O–H groups in total. The molecule has 1 atom stereocenters. The highest BCUT2D eigenvalue weighted by atomic mass is 19.4. The molecule has 180 valence electrons. The number of aryl methyl sites for hydroxylation is 2. The largest absolute Gasteiger partial charge is 0.490 e. The summed E-state index contributed by atoms with van der Waals surface area (Å²) in [6.07, 6.45) is 2.00. The van der Waals surface area contributed by atoms with Crippen LogP contribution in [0.3, 0.4) is 0 Å². The van der Waals surface area contributed by atoms with E-state index in [-0.39, 0.29) is 17.6 Å². The highest BCUT2D eigenvalue weighted by molar-refractivity contribution is 5.93. The van der Waals surface area contributed by atoms with Crippen LogP contribution in [0.1, 0.15) is 40.1 Å². The van der Waals surface area contributed by atoms with Gasteiger partial charge in [-0.25, -0.2) is 4.79 Å². The van der Waals surface area contributed by atoms with Crippen molar-refractivity contribution in [1.82, 2.24) is 9.88 Å². The summed E-state index contributed by atoms with van der Waals surface area (Å²) in [5, 5.41) is 7.12. The first-order valence-electron chi connectivity index (χ1n) is 10.3. The topological polar surface area (TPSA) is 102 Å². The molecule has 2 aliphatic rings. The van der Waals surface area contributed by atoms with Crippen molar-refractivity contribution in [2.45, 2.75) is 51.2 Å². The van der Waals surface area contributed by atoms with E-state index in [2.05, 4.69) is 11.1 Å². The van der Waals surface area contributed by atoms with Gasteiger partial charge in [-0.2, -0.15) is 13.2 Å². The predicted octanol–water partition coefficient (Wildman–Crippen LogP) is 3.52. The number of carbonyl (C=O) groups excluding carboxylic acids is 1. The van der Waals surface area contributed by atoms with Crippen LogP contribution in [0, 0.1) is 13.8 Å². The first kappa shape index (κ1) is 24.7. The number of aromatic nitrogens is 1. The Balaban J connectivity index is 0.000000383. The summed E-state index contributed by atoms with van der Waals surface area (Å²) in [6.45, 7) is 6.33. The van der Waals surface area contributed by atoms with Crippen molar-refractivity contribution in [2.75, 3.05) is 19.7 Å². The van der Waals surface area contributed by atoms with Crippen LogP contribution in [-0.2, 0) is 20.9 Å². The number of rotatable bonds is 4. The number of likely N-dealkylation sites (tertiary alicyclic amines) is 1. The average Bonchev–Trinajstić information content (AvgIpc) is 3.16. The van der Waals surface area contributed by atoms with E-state index >= 15 is 0 Å². The molecule has 0 radical (unpaired) electrons. The van der Waals surface area contributed by atoms with Crippen LogP contribution >= 0.6 is 0 Å². The van der Waals surface area contributed by atoms with E-state index in [1.807, 2.05) is 32.3 Å². The molecular formula is C22H25F3N2O6. The van der Waals surface area contributed by atoms with Crippen molar-refractivity contribution >= 4 is 11.9 Å². The summed E-state index contributed by atoms with van der Waals surface area (Å²) in [6, 6.07) is 3.90. The molecule has 8 nitrogen and oxygen atoms in total. The molecular weight excluding hydrogens is 445 g/mol. The van der Waals surface area contributed by atoms with Gasteiger partial charge in [0.1, 0.15) is 5.60 Å². The SMILES string of the molecule is Cc1cncc(COC2CCOC3(C2)CN(C(=O)c2occc2C)C3)c1.O=C(O)C(F)(F)F. The molecule has 1 unspecified atom stereocenters. The third-order valence-corrected chi connectivity index (χ3v) is 5.41. The highest BCUT2D eigenvalue weighted by Gasteiger charge is 2.50. The number of carbonyl (C=O) groups is 2. The fourth-order valence-corrected chi connectivity index (χ4v) is 3.78. The monoisotopic (exact) mass is 470 g/mol. The molecule has 0 aliphatic carbocycles. The minimum Gasteiger partial charge on any atom is -0.475 e. The van der Waals surface area contributed by atoms with Crippen molar-refractivity contribution < 1.29 is 41.8 Å². The van der Waals surface area contributed by atoms with Crippen molar-refractivity contribution in [3.8, 4) is 0 Å². The lowest BCUT2D eigenvalue weighted by atomic mass is 9.84. The Hall–Kier alpha value is -2.92. The summed E-state index contributed by atoms with van der Waals surface area (Å²) < 4.78 is 49.2. The van der Waals surface area contributed by atoms with Crippen molar-refractivity contribution in [2.24, 2.45) is 0 Å². The second-order valence-corrected chi connectivity index (χ2v) is 8.22. The number of halogens is 3. The van der Waals surface area contributed by atoms with Crippen LogP contribution in [-0.4, -0.2) is 64.4 Å². The normalized spacial score (nSPS) is 19.4. The number of hydrogen-bond donors (Lipinski definition) is 1. The van der Waals surface area contributed by atoms with Gasteiger partial charge in [-0.05, 0) is 37.5 Å². The van der Waals surface area contributed by atoms with Gasteiger partial charge in [-0.1, -0.05) is 6.07 Å². The highest BCUT2D eigenvalue weighted by Crippen LogP contribution is 2.36. The Morgan fingerprint density at radius 3 is 2.58 bits per heavy atom. The van der Waals surface area contributed by atoms with E-state index in [9.17, 15) is 18.0 Å². The van der Waals surface area contributed by atoms with E-state index in [0.29, 0.717) is 32.1 Å². The molecule has 2 aromatic heterocycles. The van der Waals surface area contributed by atoms with E-state index in [4.69, 9.17) is 23.8 Å². The molecule has 2 aromatic rings. The van der Waals surface area contributed by atoms with Crippen molar-refractivity contribution in [1.29, 1.82) is 0 Å². The minimum atomic E-state index is -5.08. The van der Waals surface area contributed by atoms with Crippen LogP contribution in [0.25, 0.3) is 0 Å². The van der Waals surface area contributed by atoms with E-state index in [1.54, 1.807) is 11.2 Å². The predicted molar refractivity (Wildman–Crippen MR) is 109 cm³/mol. The van der Waals surface area contributed by atoms with Crippen LogP contribution < -0.4 is 0 Å². The minimum absolute atomic E-state index is 0.0596. The number of nitrogens with zero attached hydrogens (tertiary/aromatic N) is 2. The van der Waals surface area contributed by atoms with Gasteiger partial charge in [0.25, 0.3) is 5.91 Å². The fourth-order valence-electron chi connectivity index (χ4n) is 3.78. The lowest BCUT2D eigenvalue weighted by Gasteiger charge is -2.52. The lowest BCUT2D eigenvalue weighted by molar-refractivity contribution is -0.192. The number of carboxylic acid groups (broad SMARTS) is 1. The van der Waals surface area contributed by atoms with Gasteiger partial charge in [-0.15, -0.1) is 0 Å². The number of hydrogen-bond acceptors (Lipinski definition) is 6. The van der Waals surface area contributed by atoms with Gasteiger partial charge in [0.05, 0.1) is 32.1 Å². The number of aliphatic carboxylic acids is 1. The molecule has 11 heteroatoms. The smallest absolute Gasteiger partial charge is 0.475 e. The first-order valence-corrected chi connectivity index (χ1v) is 10.3. The second kappa shape index (κ2) is 9.92. The molecule has 0 saturated carbocycles. The number of ether oxygens (including phenoxy) is 2. The van der Waals surface area contributed by atoms with Gasteiger partial charge in [-0.3, -0.25) is 9.78 Å². The van der Waals surface area contributed by atoms with Crippen LogP contribution in [0.15, 0.2) is 35.2 Å². The lowest BCUT2D eigenvalue weighted by Crippen LogP contribution is -2.67. The number of pyridine rings is 1. The molecule has 1 amide bonds. The van der Waals surface area contributed by atoms with Gasteiger partial charge in [0.2, 0.25) is 0 Å². The molecule has 2 fully saturated rings. The number of alkyl halides is 3. The number of carboxylic acids is 1. The molecule has 4 rings (SSSR count). The summed E-state index contributed by atoms with van der Waals surface area (Å²) in [5.41, 5.74) is 2.82. The third kappa shape index (κ3) is 6.32. The fraction of sp³-hybridized carbons (Fsp3) is 0.500.